The number of carbonyl (C=O) groups is 1. The van der Waals surface area contributed by atoms with Crippen LogP contribution in [0.3, 0.4) is 0 Å². The molecule has 0 bridgehead atoms. The van der Waals surface area contributed by atoms with Crippen LogP contribution >= 0.6 is 15.9 Å². The van der Waals surface area contributed by atoms with E-state index in [4.69, 9.17) is 0 Å². The second-order valence-electron chi connectivity index (χ2n) is 5.12. The molecule has 1 heterocycles. The summed E-state index contributed by atoms with van der Waals surface area (Å²) in [6.45, 7) is 6.72. The molecule has 6 heteroatoms. The van der Waals surface area contributed by atoms with E-state index in [9.17, 15) is 4.79 Å². The Balaban J connectivity index is 2.41. The molecule has 112 valence electrons. The Labute approximate surface area is 132 Å². The van der Waals surface area contributed by atoms with Crippen molar-refractivity contribution in [1.29, 1.82) is 0 Å². The van der Waals surface area contributed by atoms with E-state index >= 15 is 0 Å². The highest BCUT2D eigenvalue weighted by atomic mass is 79.9. The third kappa shape index (κ3) is 3.50. The number of benzene rings is 1. The molecular weight excluding hydrogens is 332 g/mol. The molecule has 0 unspecified atom stereocenters. The molecule has 1 aromatic carbocycles. The molecule has 0 atom stereocenters. The summed E-state index contributed by atoms with van der Waals surface area (Å²) in [7, 11) is 0. The van der Waals surface area contributed by atoms with E-state index in [0.29, 0.717) is 12.2 Å². The lowest BCUT2D eigenvalue weighted by Gasteiger charge is -2.11. The summed E-state index contributed by atoms with van der Waals surface area (Å²) in [6.07, 6.45) is 0.892. The van der Waals surface area contributed by atoms with E-state index in [0.717, 1.165) is 22.3 Å². The first-order valence-corrected chi connectivity index (χ1v) is 7.83. The van der Waals surface area contributed by atoms with Gasteiger partial charge in [-0.3, -0.25) is 4.79 Å². The first kappa shape index (κ1) is 15.7. The van der Waals surface area contributed by atoms with Crippen molar-refractivity contribution in [2.75, 3.05) is 6.54 Å². The van der Waals surface area contributed by atoms with Crippen LogP contribution in [0.15, 0.2) is 28.7 Å². The molecule has 1 aromatic heterocycles. The Kier molecular flexibility index (Phi) is 5.12. The minimum atomic E-state index is -0.163. The van der Waals surface area contributed by atoms with Gasteiger partial charge in [0.05, 0.1) is 11.4 Å². The maximum Gasteiger partial charge on any atom is 0.273 e. The molecule has 0 saturated heterocycles. The van der Waals surface area contributed by atoms with Crippen molar-refractivity contribution in [3.63, 3.8) is 0 Å². The molecule has 0 fully saturated rings. The Morgan fingerprint density at radius 2 is 2.00 bits per heavy atom. The lowest BCUT2D eigenvalue weighted by molar-refractivity contribution is 0.0947. The Hall–Kier alpha value is -1.69. The monoisotopic (exact) mass is 350 g/mol. The van der Waals surface area contributed by atoms with E-state index < -0.39 is 0 Å². The predicted octanol–water partition coefficient (Wildman–Crippen LogP) is 3.29. The van der Waals surface area contributed by atoms with Gasteiger partial charge in [-0.25, -0.2) is 4.68 Å². The highest BCUT2D eigenvalue weighted by Crippen LogP contribution is 2.22. The largest absolute Gasteiger partial charge is 0.351 e. The van der Waals surface area contributed by atoms with Crippen LogP contribution in [-0.4, -0.2) is 27.4 Å². The summed E-state index contributed by atoms with van der Waals surface area (Å²) in [6, 6.07) is 7.77. The average molecular weight is 351 g/mol. The van der Waals surface area contributed by atoms with E-state index in [1.807, 2.05) is 45.0 Å². The van der Waals surface area contributed by atoms with Crippen molar-refractivity contribution in [3.8, 4) is 5.69 Å². The molecule has 1 N–H and O–H groups in total. The van der Waals surface area contributed by atoms with Crippen molar-refractivity contribution in [2.24, 2.45) is 0 Å². The molecule has 0 aliphatic rings. The summed E-state index contributed by atoms with van der Waals surface area (Å²) >= 11 is 3.41. The molecule has 5 nitrogen and oxygen atoms in total. The fourth-order valence-electron chi connectivity index (χ4n) is 2.06. The lowest BCUT2D eigenvalue weighted by atomic mass is 10.1. The molecule has 0 saturated carbocycles. The lowest BCUT2D eigenvalue weighted by Crippen LogP contribution is -2.26. The average Bonchev–Trinajstić information content (AvgIpc) is 2.90. The summed E-state index contributed by atoms with van der Waals surface area (Å²) in [5.74, 6) is -0.0186. The van der Waals surface area contributed by atoms with Gasteiger partial charge in [0.15, 0.2) is 5.69 Å². The number of amides is 1. The van der Waals surface area contributed by atoms with Crippen LogP contribution in [-0.2, 0) is 0 Å². The fourth-order valence-corrected chi connectivity index (χ4v) is 2.33. The molecule has 2 rings (SSSR count). The molecule has 0 aliphatic heterocycles. The molecule has 21 heavy (non-hydrogen) atoms. The van der Waals surface area contributed by atoms with E-state index in [2.05, 4.69) is 31.6 Å². The fraction of sp³-hybridized carbons (Fsp3) is 0.400. The zero-order valence-corrected chi connectivity index (χ0v) is 14.0. The SMILES string of the molecule is CCCNC(=O)c1nnn(-c2ccc(Br)cc2)c1C(C)C. The number of hydrogen-bond acceptors (Lipinski definition) is 3. The third-order valence-electron chi connectivity index (χ3n) is 3.07. The minimum absolute atomic E-state index is 0.144. The van der Waals surface area contributed by atoms with Gasteiger partial charge in [-0.2, -0.15) is 0 Å². The molecule has 1 amide bonds. The number of carbonyl (C=O) groups excluding carboxylic acids is 1. The Morgan fingerprint density at radius 3 is 2.57 bits per heavy atom. The van der Waals surface area contributed by atoms with Crippen LogP contribution in [0.2, 0.25) is 0 Å². The second kappa shape index (κ2) is 6.85. The van der Waals surface area contributed by atoms with Gasteiger partial charge >= 0.3 is 0 Å². The summed E-state index contributed by atoms with van der Waals surface area (Å²) in [5.41, 5.74) is 2.12. The molecule has 2 aromatic rings. The van der Waals surface area contributed by atoms with Gasteiger partial charge in [-0.15, -0.1) is 5.10 Å². The van der Waals surface area contributed by atoms with Crippen LogP contribution in [0.25, 0.3) is 5.69 Å². The standard InChI is InChI=1S/C15H19BrN4O/c1-4-9-17-15(21)13-14(10(2)3)20(19-18-13)12-7-5-11(16)6-8-12/h5-8,10H,4,9H2,1-3H3,(H,17,21). The molecular formula is C15H19BrN4O. The molecule has 0 aliphatic carbocycles. The van der Waals surface area contributed by atoms with Crippen molar-refractivity contribution >= 4 is 21.8 Å². The zero-order valence-electron chi connectivity index (χ0n) is 12.4. The van der Waals surface area contributed by atoms with Gasteiger partial charge in [0.2, 0.25) is 0 Å². The molecule has 0 spiro atoms. The van der Waals surface area contributed by atoms with Crippen LogP contribution in [0, 0.1) is 0 Å². The van der Waals surface area contributed by atoms with Gasteiger partial charge in [0, 0.05) is 11.0 Å². The smallest absolute Gasteiger partial charge is 0.273 e. The maximum absolute atomic E-state index is 12.2. The number of halogens is 1. The molecule has 0 radical (unpaired) electrons. The highest BCUT2D eigenvalue weighted by Gasteiger charge is 2.22. The second-order valence-corrected chi connectivity index (χ2v) is 6.04. The predicted molar refractivity (Wildman–Crippen MR) is 85.8 cm³/mol. The number of rotatable bonds is 5. The van der Waals surface area contributed by atoms with Crippen LogP contribution in [0.1, 0.15) is 49.3 Å². The Morgan fingerprint density at radius 1 is 1.33 bits per heavy atom. The Bertz CT molecular complexity index is 619. The van der Waals surface area contributed by atoms with Crippen LogP contribution in [0.4, 0.5) is 0 Å². The van der Waals surface area contributed by atoms with Crippen molar-refractivity contribution in [1.82, 2.24) is 20.3 Å². The number of hydrogen-bond donors (Lipinski definition) is 1. The number of nitrogens with zero attached hydrogens (tertiary/aromatic N) is 3. The van der Waals surface area contributed by atoms with Gasteiger partial charge in [0.1, 0.15) is 0 Å². The third-order valence-corrected chi connectivity index (χ3v) is 3.60. The van der Waals surface area contributed by atoms with E-state index in [-0.39, 0.29) is 11.8 Å². The number of nitrogens with one attached hydrogen (secondary N) is 1. The number of aromatic nitrogens is 3. The van der Waals surface area contributed by atoms with Crippen LogP contribution in [0.5, 0.6) is 0 Å². The van der Waals surface area contributed by atoms with Gasteiger partial charge < -0.3 is 5.32 Å². The quantitative estimate of drug-likeness (QED) is 0.899. The normalized spacial score (nSPS) is 10.9. The zero-order chi connectivity index (χ0) is 15.4. The van der Waals surface area contributed by atoms with E-state index in [1.54, 1.807) is 4.68 Å². The first-order chi connectivity index (χ1) is 10.0. The first-order valence-electron chi connectivity index (χ1n) is 7.04. The van der Waals surface area contributed by atoms with Crippen molar-refractivity contribution < 1.29 is 4.79 Å². The van der Waals surface area contributed by atoms with Crippen molar-refractivity contribution in [3.05, 3.63) is 40.1 Å². The van der Waals surface area contributed by atoms with Gasteiger partial charge in [0.25, 0.3) is 5.91 Å². The minimum Gasteiger partial charge on any atom is -0.351 e. The summed E-state index contributed by atoms with van der Waals surface area (Å²) < 4.78 is 2.73. The topological polar surface area (TPSA) is 59.8 Å². The summed E-state index contributed by atoms with van der Waals surface area (Å²) in [5, 5.41) is 11.1. The van der Waals surface area contributed by atoms with Gasteiger partial charge in [-0.1, -0.05) is 41.9 Å². The van der Waals surface area contributed by atoms with Crippen LogP contribution < -0.4 is 5.32 Å². The highest BCUT2D eigenvalue weighted by molar-refractivity contribution is 9.10. The van der Waals surface area contributed by atoms with E-state index in [1.165, 1.54) is 0 Å². The maximum atomic E-state index is 12.2. The van der Waals surface area contributed by atoms with Crippen molar-refractivity contribution in [2.45, 2.75) is 33.1 Å². The summed E-state index contributed by atoms with van der Waals surface area (Å²) in [4.78, 5) is 12.2. The van der Waals surface area contributed by atoms with Gasteiger partial charge in [-0.05, 0) is 36.6 Å².